The normalized spacial score (nSPS) is 11.1. The molecule has 0 unspecified atom stereocenters. The Hall–Kier alpha value is 0.893. The van der Waals surface area contributed by atoms with E-state index in [0.29, 0.717) is 0 Å². The molecule has 1 radical (unpaired) electrons. The Morgan fingerprint density at radius 1 is 0.846 bits per heavy atom. The SMILES string of the molecule is CCC[CH2][Ge]([CH2]CCC)[CH2]CCS. The van der Waals surface area contributed by atoms with Crippen LogP contribution in [0.4, 0.5) is 0 Å². The fourth-order valence-corrected chi connectivity index (χ4v) is 8.92. The molecule has 13 heavy (non-hydrogen) atoms. The van der Waals surface area contributed by atoms with Crippen LogP contribution in [0, 0.1) is 0 Å². The van der Waals surface area contributed by atoms with Crippen molar-refractivity contribution in [2.75, 3.05) is 5.75 Å². The van der Waals surface area contributed by atoms with Gasteiger partial charge in [-0.2, -0.15) is 0 Å². The van der Waals surface area contributed by atoms with Gasteiger partial charge in [0.05, 0.1) is 0 Å². The van der Waals surface area contributed by atoms with Crippen molar-refractivity contribution in [3.63, 3.8) is 0 Å². The van der Waals surface area contributed by atoms with E-state index in [1.165, 1.54) is 32.1 Å². The van der Waals surface area contributed by atoms with E-state index in [2.05, 4.69) is 26.5 Å². The molecule has 0 bridgehead atoms. The summed E-state index contributed by atoms with van der Waals surface area (Å²) >= 11 is 3.70. The third-order valence-corrected chi connectivity index (χ3v) is 9.45. The van der Waals surface area contributed by atoms with Gasteiger partial charge in [0, 0.05) is 0 Å². The average molecular weight is 262 g/mol. The maximum absolute atomic E-state index is 4.30. The summed E-state index contributed by atoms with van der Waals surface area (Å²) in [6.45, 7) is 4.63. The number of hydrogen-bond acceptors (Lipinski definition) is 1. The second kappa shape index (κ2) is 11.0. The van der Waals surface area contributed by atoms with Crippen LogP contribution in [0.3, 0.4) is 0 Å². The first-order valence-electron chi connectivity index (χ1n) is 5.79. The Balaban J connectivity index is 3.47. The van der Waals surface area contributed by atoms with Crippen molar-refractivity contribution in [3.05, 3.63) is 0 Å². The van der Waals surface area contributed by atoms with Gasteiger partial charge >= 0.3 is 94.4 Å². The van der Waals surface area contributed by atoms with Gasteiger partial charge in [-0.05, 0) is 0 Å². The van der Waals surface area contributed by atoms with Crippen molar-refractivity contribution in [1.29, 1.82) is 0 Å². The van der Waals surface area contributed by atoms with Crippen molar-refractivity contribution in [3.8, 4) is 0 Å². The van der Waals surface area contributed by atoms with Crippen molar-refractivity contribution >= 4 is 27.0 Å². The van der Waals surface area contributed by atoms with E-state index in [4.69, 9.17) is 0 Å². The van der Waals surface area contributed by atoms with Gasteiger partial charge in [0.1, 0.15) is 0 Å². The summed E-state index contributed by atoms with van der Waals surface area (Å²) in [7, 11) is 0. The molecule has 0 heterocycles. The van der Waals surface area contributed by atoms with Crippen LogP contribution in [0.5, 0.6) is 0 Å². The summed E-state index contributed by atoms with van der Waals surface area (Å²) in [6.07, 6.45) is 7.15. The molecule has 0 fully saturated rings. The number of unbranched alkanes of at least 4 members (excludes halogenated alkanes) is 2. The molecule has 0 nitrogen and oxygen atoms in total. The maximum atomic E-state index is 4.30. The Morgan fingerprint density at radius 2 is 1.31 bits per heavy atom. The molecule has 0 amide bonds. The molecule has 0 rings (SSSR count). The van der Waals surface area contributed by atoms with Crippen molar-refractivity contribution in [2.24, 2.45) is 0 Å². The van der Waals surface area contributed by atoms with E-state index in [-0.39, 0.29) is 0 Å². The second-order valence-corrected chi connectivity index (χ2v) is 10.5. The van der Waals surface area contributed by atoms with E-state index in [9.17, 15) is 0 Å². The van der Waals surface area contributed by atoms with Crippen LogP contribution in [0.1, 0.15) is 46.0 Å². The summed E-state index contributed by atoms with van der Waals surface area (Å²) in [6, 6.07) is 0. The van der Waals surface area contributed by atoms with Gasteiger partial charge in [-0.1, -0.05) is 0 Å². The van der Waals surface area contributed by atoms with E-state index in [1.807, 2.05) is 0 Å². The number of rotatable bonds is 9. The van der Waals surface area contributed by atoms with Gasteiger partial charge in [0.2, 0.25) is 0 Å². The minimum absolute atomic E-state index is 0.601. The molecule has 0 saturated carbocycles. The van der Waals surface area contributed by atoms with Crippen LogP contribution in [0.25, 0.3) is 0 Å². The summed E-state index contributed by atoms with van der Waals surface area (Å²) < 4.78 is 0. The topological polar surface area (TPSA) is 0 Å². The van der Waals surface area contributed by atoms with E-state index in [1.54, 1.807) is 15.8 Å². The van der Waals surface area contributed by atoms with Crippen LogP contribution in [0.2, 0.25) is 15.8 Å². The fourth-order valence-electron chi connectivity index (χ4n) is 1.56. The molecule has 0 spiro atoms. The van der Waals surface area contributed by atoms with Gasteiger partial charge in [-0.15, -0.1) is 0 Å². The molecule has 0 aromatic heterocycles. The summed E-state index contributed by atoms with van der Waals surface area (Å²) in [5, 5.41) is 4.80. The van der Waals surface area contributed by atoms with Crippen LogP contribution in [0.15, 0.2) is 0 Å². The molecular formula is C11H25GeS. The summed E-state index contributed by atoms with van der Waals surface area (Å²) in [4.78, 5) is 0. The van der Waals surface area contributed by atoms with Crippen LogP contribution in [-0.4, -0.2) is 20.1 Å². The van der Waals surface area contributed by atoms with Gasteiger partial charge < -0.3 is 0 Å². The van der Waals surface area contributed by atoms with Gasteiger partial charge in [-0.25, -0.2) is 0 Å². The average Bonchev–Trinajstić information content (AvgIpc) is 2.17. The first kappa shape index (κ1) is 13.9. The quantitative estimate of drug-likeness (QED) is 0.462. The van der Waals surface area contributed by atoms with Crippen LogP contribution < -0.4 is 0 Å². The number of thiol groups is 1. The number of hydrogen-bond donors (Lipinski definition) is 1. The van der Waals surface area contributed by atoms with Crippen molar-refractivity contribution in [2.45, 2.75) is 61.7 Å². The zero-order chi connectivity index (χ0) is 9.94. The molecule has 0 saturated heterocycles. The predicted molar refractivity (Wildman–Crippen MR) is 68.5 cm³/mol. The van der Waals surface area contributed by atoms with Crippen molar-refractivity contribution in [1.82, 2.24) is 0 Å². The summed E-state index contributed by atoms with van der Waals surface area (Å²) in [5.41, 5.74) is 0. The predicted octanol–water partition coefficient (Wildman–Crippen LogP) is 4.40. The molecule has 79 valence electrons. The molecular weight excluding hydrogens is 237 g/mol. The molecule has 0 aliphatic rings. The van der Waals surface area contributed by atoms with E-state index in [0.717, 1.165) is 5.75 Å². The second-order valence-electron chi connectivity index (χ2n) is 3.78. The summed E-state index contributed by atoms with van der Waals surface area (Å²) in [5.74, 6) is 1.11. The molecule has 0 aromatic rings. The molecule has 0 aliphatic carbocycles. The zero-order valence-corrected chi connectivity index (χ0v) is 12.3. The van der Waals surface area contributed by atoms with Crippen LogP contribution in [-0.2, 0) is 0 Å². The molecule has 0 N–H and O–H groups in total. The Kier molecular flexibility index (Phi) is 11.7. The Morgan fingerprint density at radius 3 is 1.69 bits per heavy atom. The standard InChI is InChI=1S/C11H25GeS/c1-3-5-8-12(9-6-4-2)10-7-11-13/h13H,3-11H2,1-2H3. The van der Waals surface area contributed by atoms with E-state index < -0.39 is 14.3 Å². The third-order valence-electron chi connectivity index (χ3n) is 2.46. The Bertz CT molecular complexity index is 77.1. The molecule has 2 heteroatoms. The molecule has 0 aliphatic heterocycles. The van der Waals surface area contributed by atoms with Gasteiger partial charge in [-0.3, -0.25) is 0 Å². The van der Waals surface area contributed by atoms with Crippen molar-refractivity contribution < 1.29 is 0 Å². The first-order valence-corrected chi connectivity index (χ1v) is 10.9. The van der Waals surface area contributed by atoms with Crippen LogP contribution >= 0.6 is 12.6 Å². The van der Waals surface area contributed by atoms with E-state index >= 15 is 0 Å². The molecule has 0 aromatic carbocycles. The zero-order valence-electron chi connectivity index (χ0n) is 9.31. The Labute approximate surface area is 94.4 Å². The third kappa shape index (κ3) is 9.20. The fraction of sp³-hybridized carbons (Fsp3) is 1.00. The van der Waals surface area contributed by atoms with Gasteiger partial charge in [0.15, 0.2) is 0 Å². The van der Waals surface area contributed by atoms with Gasteiger partial charge in [0.25, 0.3) is 0 Å². The first-order chi connectivity index (χ1) is 6.35. The minimum atomic E-state index is -0.601. The monoisotopic (exact) mass is 263 g/mol. The molecule has 0 atom stereocenters.